The number of nitrogen functional groups attached to an aromatic ring is 2. The van der Waals surface area contributed by atoms with Crippen LogP contribution in [0.25, 0.3) is 0 Å². The Labute approximate surface area is 174 Å². The first-order valence-corrected chi connectivity index (χ1v) is 12.4. The molecule has 156 valence electrons. The van der Waals surface area contributed by atoms with Gasteiger partial charge in [-0.05, 0) is 48.9 Å². The number of rotatable bonds is 4. The maximum Gasteiger partial charge on any atom is 0.170 e. The molecular formula is C24H32N2O2S. The van der Waals surface area contributed by atoms with Gasteiger partial charge in [-0.15, -0.1) is 0 Å². The Morgan fingerprint density at radius 3 is 1.28 bits per heavy atom. The van der Waals surface area contributed by atoms with E-state index in [4.69, 9.17) is 11.5 Å². The van der Waals surface area contributed by atoms with Crippen LogP contribution in [-0.4, -0.2) is 8.42 Å². The van der Waals surface area contributed by atoms with Gasteiger partial charge in [-0.25, -0.2) is 8.42 Å². The predicted octanol–water partition coefficient (Wildman–Crippen LogP) is 5.28. The third-order valence-corrected chi connectivity index (χ3v) is 10.6. The average Bonchev–Trinajstić information content (AvgIpc) is 2.75. The molecule has 0 amide bonds. The quantitative estimate of drug-likeness (QED) is 0.669. The lowest BCUT2D eigenvalue weighted by molar-refractivity contribution is 0.333. The van der Waals surface area contributed by atoms with Gasteiger partial charge >= 0.3 is 0 Å². The van der Waals surface area contributed by atoms with E-state index < -0.39 is 19.3 Å². The minimum absolute atomic E-state index is 0.588. The standard InChI is InChI=1S/C24H32N2O2S/c25-21-13-5-3-11-19(21)23(15-7-1-8-16-23)29(27,28)24(17-9-2-10-18-24)20-12-4-6-14-22(20)26/h3-6,11-14H,1-2,7-10,15-18,25-26H2. The number of sulfone groups is 1. The monoisotopic (exact) mass is 412 g/mol. The molecule has 0 heterocycles. The number of hydrogen-bond acceptors (Lipinski definition) is 4. The summed E-state index contributed by atoms with van der Waals surface area (Å²) in [5.74, 6) is 0. The van der Waals surface area contributed by atoms with Crippen LogP contribution >= 0.6 is 0 Å². The van der Waals surface area contributed by atoms with Gasteiger partial charge in [-0.2, -0.15) is 0 Å². The highest BCUT2D eigenvalue weighted by Crippen LogP contribution is 2.57. The van der Waals surface area contributed by atoms with E-state index in [0.717, 1.165) is 49.7 Å². The van der Waals surface area contributed by atoms with Gasteiger partial charge in [-0.1, -0.05) is 74.9 Å². The van der Waals surface area contributed by atoms with Crippen LogP contribution in [0.4, 0.5) is 11.4 Å². The average molecular weight is 413 g/mol. The van der Waals surface area contributed by atoms with Crippen LogP contribution in [0.2, 0.25) is 0 Å². The Morgan fingerprint density at radius 2 is 0.931 bits per heavy atom. The van der Waals surface area contributed by atoms with E-state index in [1.807, 2.05) is 48.5 Å². The van der Waals surface area contributed by atoms with Crippen molar-refractivity contribution in [3.8, 4) is 0 Å². The third-order valence-electron chi connectivity index (χ3n) is 7.25. The second kappa shape index (κ2) is 7.67. The molecule has 2 aromatic carbocycles. The first-order chi connectivity index (χ1) is 13.9. The molecule has 0 aliphatic heterocycles. The summed E-state index contributed by atoms with van der Waals surface area (Å²) >= 11 is 0. The SMILES string of the molecule is Nc1ccccc1C1(S(=O)(=O)C2(c3ccccc3N)CCCCC2)CCCCC1. The number of nitrogens with two attached hydrogens (primary N) is 2. The first-order valence-electron chi connectivity index (χ1n) is 10.9. The fourth-order valence-electron chi connectivity index (χ4n) is 5.81. The highest BCUT2D eigenvalue weighted by atomic mass is 32.2. The van der Waals surface area contributed by atoms with E-state index in [0.29, 0.717) is 37.1 Å². The summed E-state index contributed by atoms with van der Waals surface area (Å²) in [6.07, 6.45) is 8.34. The van der Waals surface area contributed by atoms with Gasteiger partial charge in [0.2, 0.25) is 0 Å². The molecule has 5 heteroatoms. The molecule has 2 aliphatic rings. The van der Waals surface area contributed by atoms with Gasteiger partial charge in [0.25, 0.3) is 0 Å². The maximum absolute atomic E-state index is 14.8. The summed E-state index contributed by atoms with van der Waals surface area (Å²) in [4.78, 5) is 0. The topological polar surface area (TPSA) is 86.2 Å². The first kappa shape index (κ1) is 20.3. The van der Waals surface area contributed by atoms with Crippen LogP contribution in [0.15, 0.2) is 48.5 Å². The summed E-state index contributed by atoms with van der Waals surface area (Å²) in [5.41, 5.74) is 15.5. The molecule has 4 nitrogen and oxygen atoms in total. The van der Waals surface area contributed by atoms with Gasteiger partial charge in [0.05, 0.1) is 9.49 Å². The van der Waals surface area contributed by atoms with Crippen molar-refractivity contribution in [3.63, 3.8) is 0 Å². The van der Waals surface area contributed by atoms with Crippen LogP contribution in [0.5, 0.6) is 0 Å². The lowest BCUT2D eigenvalue weighted by atomic mass is 9.81. The van der Waals surface area contributed by atoms with Crippen molar-refractivity contribution in [1.82, 2.24) is 0 Å². The number of anilines is 2. The van der Waals surface area contributed by atoms with Crippen molar-refractivity contribution in [2.24, 2.45) is 0 Å². The molecule has 2 aliphatic carbocycles. The van der Waals surface area contributed by atoms with Gasteiger partial charge in [0, 0.05) is 11.4 Å². The molecule has 0 radical (unpaired) electrons. The smallest absolute Gasteiger partial charge is 0.170 e. The Bertz CT molecular complexity index is 898. The lowest BCUT2D eigenvalue weighted by Gasteiger charge is -2.47. The normalized spacial score (nSPS) is 21.5. The molecule has 0 spiro atoms. The van der Waals surface area contributed by atoms with Crippen LogP contribution < -0.4 is 11.5 Å². The van der Waals surface area contributed by atoms with Gasteiger partial charge in [0.1, 0.15) is 0 Å². The zero-order chi connectivity index (χ0) is 20.5. The van der Waals surface area contributed by atoms with Crippen molar-refractivity contribution in [2.75, 3.05) is 11.5 Å². The predicted molar refractivity (Wildman–Crippen MR) is 120 cm³/mol. The van der Waals surface area contributed by atoms with Crippen molar-refractivity contribution in [3.05, 3.63) is 59.7 Å². The molecule has 29 heavy (non-hydrogen) atoms. The number of hydrogen-bond donors (Lipinski definition) is 2. The molecule has 4 N–H and O–H groups in total. The molecule has 2 aromatic rings. The van der Waals surface area contributed by atoms with Crippen molar-refractivity contribution in [1.29, 1.82) is 0 Å². The molecular weight excluding hydrogens is 380 g/mol. The Balaban J connectivity index is 1.98. The highest BCUT2D eigenvalue weighted by Gasteiger charge is 2.58. The zero-order valence-corrected chi connectivity index (χ0v) is 17.9. The second-order valence-corrected chi connectivity index (χ2v) is 11.4. The molecule has 0 aromatic heterocycles. The largest absolute Gasteiger partial charge is 0.398 e. The van der Waals surface area contributed by atoms with Gasteiger partial charge in [-0.3, -0.25) is 0 Å². The molecule has 0 unspecified atom stereocenters. The fourth-order valence-corrected chi connectivity index (χ4v) is 9.16. The van der Waals surface area contributed by atoms with E-state index in [2.05, 4.69) is 0 Å². The van der Waals surface area contributed by atoms with Crippen molar-refractivity contribution in [2.45, 2.75) is 73.7 Å². The van der Waals surface area contributed by atoms with E-state index in [1.54, 1.807) is 0 Å². The Kier molecular flexibility index (Phi) is 5.36. The minimum atomic E-state index is -3.62. The summed E-state index contributed by atoms with van der Waals surface area (Å²) in [6, 6.07) is 15.1. The van der Waals surface area contributed by atoms with Crippen LogP contribution in [0, 0.1) is 0 Å². The maximum atomic E-state index is 14.8. The second-order valence-electron chi connectivity index (χ2n) is 8.79. The van der Waals surface area contributed by atoms with E-state index in [-0.39, 0.29) is 0 Å². The van der Waals surface area contributed by atoms with E-state index in [9.17, 15) is 8.42 Å². The Morgan fingerprint density at radius 1 is 0.586 bits per heavy atom. The zero-order valence-electron chi connectivity index (χ0n) is 17.1. The molecule has 0 saturated heterocycles. The molecule has 0 atom stereocenters. The summed E-state index contributed by atoms with van der Waals surface area (Å²) in [6.45, 7) is 0. The minimum Gasteiger partial charge on any atom is -0.398 e. The molecule has 0 bridgehead atoms. The van der Waals surface area contributed by atoms with E-state index in [1.165, 1.54) is 0 Å². The molecule has 4 rings (SSSR count). The highest BCUT2D eigenvalue weighted by molar-refractivity contribution is 7.93. The van der Waals surface area contributed by atoms with Crippen LogP contribution in [-0.2, 0) is 19.3 Å². The van der Waals surface area contributed by atoms with Crippen molar-refractivity contribution >= 4 is 21.2 Å². The van der Waals surface area contributed by atoms with Crippen molar-refractivity contribution < 1.29 is 8.42 Å². The molecule has 2 saturated carbocycles. The number of benzene rings is 2. The van der Waals surface area contributed by atoms with E-state index >= 15 is 0 Å². The number of para-hydroxylation sites is 2. The van der Waals surface area contributed by atoms with Crippen LogP contribution in [0.1, 0.15) is 75.3 Å². The Hall–Kier alpha value is -2.01. The van der Waals surface area contributed by atoms with Gasteiger partial charge < -0.3 is 11.5 Å². The summed E-state index contributed by atoms with van der Waals surface area (Å²) in [7, 11) is -3.62. The fraction of sp³-hybridized carbons (Fsp3) is 0.500. The third kappa shape index (κ3) is 3.05. The summed E-state index contributed by atoms with van der Waals surface area (Å²) < 4.78 is 27.7. The van der Waals surface area contributed by atoms with Gasteiger partial charge in [0.15, 0.2) is 9.84 Å². The van der Waals surface area contributed by atoms with Crippen LogP contribution in [0.3, 0.4) is 0 Å². The lowest BCUT2D eigenvalue weighted by Crippen LogP contribution is -2.51. The molecule has 2 fully saturated rings. The summed E-state index contributed by atoms with van der Waals surface area (Å²) in [5, 5.41) is 0.